The van der Waals surface area contributed by atoms with Crippen molar-refractivity contribution in [3.05, 3.63) is 29.3 Å². The highest BCUT2D eigenvalue weighted by atomic mass is 16.4. The second kappa shape index (κ2) is 9.27. The monoisotopic (exact) mass is 321 g/mol. The standard InChI is InChI=1S/C17H27N3O3/c1-12-7-5-8-14(13(12)2)19-16(21)11-15(17(22)23)18-9-6-10-20(3)4/h5,7-8,15,18H,6,9-11H2,1-4H3,(H,19,21)(H,22,23)/t15-/m0/s1. The molecule has 0 aromatic heterocycles. The van der Waals surface area contributed by atoms with Gasteiger partial charge in [0.2, 0.25) is 5.91 Å². The van der Waals surface area contributed by atoms with Gasteiger partial charge in [0.25, 0.3) is 0 Å². The fourth-order valence-corrected chi connectivity index (χ4v) is 2.19. The molecule has 0 fully saturated rings. The number of anilines is 1. The Morgan fingerprint density at radius 3 is 2.57 bits per heavy atom. The number of rotatable bonds is 9. The third kappa shape index (κ3) is 6.80. The Morgan fingerprint density at radius 1 is 1.26 bits per heavy atom. The number of carboxylic acid groups (broad SMARTS) is 1. The molecule has 0 aliphatic rings. The molecule has 1 amide bonds. The number of carbonyl (C=O) groups excluding carboxylic acids is 1. The van der Waals surface area contributed by atoms with E-state index < -0.39 is 12.0 Å². The molecular weight excluding hydrogens is 294 g/mol. The van der Waals surface area contributed by atoms with Crippen LogP contribution in [0.2, 0.25) is 0 Å². The summed E-state index contributed by atoms with van der Waals surface area (Å²) in [6.07, 6.45) is 0.736. The van der Waals surface area contributed by atoms with E-state index in [0.717, 1.165) is 29.8 Å². The summed E-state index contributed by atoms with van der Waals surface area (Å²) in [5.74, 6) is -1.31. The van der Waals surface area contributed by atoms with Crippen LogP contribution in [0.5, 0.6) is 0 Å². The van der Waals surface area contributed by atoms with Crippen LogP contribution in [0.25, 0.3) is 0 Å². The lowest BCUT2D eigenvalue weighted by Crippen LogP contribution is -2.40. The molecule has 6 heteroatoms. The summed E-state index contributed by atoms with van der Waals surface area (Å²) in [4.78, 5) is 25.4. The highest BCUT2D eigenvalue weighted by Gasteiger charge is 2.20. The fourth-order valence-electron chi connectivity index (χ4n) is 2.19. The van der Waals surface area contributed by atoms with E-state index in [1.54, 1.807) is 0 Å². The second-order valence-electron chi connectivity index (χ2n) is 6.00. The number of hydrogen-bond donors (Lipinski definition) is 3. The van der Waals surface area contributed by atoms with Crippen molar-refractivity contribution in [2.45, 2.75) is 32.7 Å². The van der Waals surface area contributed by atoms with Gasteiger partial charge in [-0.2, -0.15) is 0 Å². The molecule has 0 heterocycles. The first-order chi connectivity index (χ1) is 10.8. The molecular formula is C17H27N3O3. The number of hydrogen-bond acceptors (Lipinski definition) is 4. The van der Waals surface area contributed by atoms with Gasteiger partial charge in [-0.05, 0) is 64.6 Å². The van der Waals surface area contributed by atoms with E-state index >= 15 is 0 Å². The molecule has 0 saturated carbocycles. The average molecular weight is 321 g/mol. The largest absolute Gasteiger partial charge is 0.480 e. The molecule has 6 nitrogen and oxygen atoms in total. The molecule has 1 rings (SSSR count). The highest BCUT2D eigenvalue weighted by molar-refractivity contribution is 5.94. The van der Waals surface area contributed by atoms with Gasteiger partial charge >= 0.3 is 5.97 Å². The average Bonchev–Trinajstić information content (AvgIpc) is 2.46. The number of carbonyl (C=O) groups is 2. The van der Waals surface area contributed by atoms with Crippen molar-refractivity contribution in [2.75, 3.05) is 32.5 Å². The Hall–Kier alpha value is -1.92. The molecule has 0 unspecified atom stereocenters. The summed E-state index contributed by atoms with van der Waals surface area (Å²) in [6, 6.07) is 4.78. The quantitative estimate of drug-likeness (QED) is 0.602. The van der Waals surface area contributed by atoms with Crippen LogP contribution < -0.4 is 10.6 Å². The van der Waals surface area contributed by atoms with Crippen molar-refractivity contribution >= 4 is 17.6 Å². The van der Waals surface area contributed by atoms with Gasteiger partial charge in [0.05, 0.1) is 6.42 Å². The topological polar surface area (TPSA) is 81.7 Å². The lowest BCUT2D eigenvalue weighted by Gasteiger charge is -2.16. The number of nitrogens with one attached hydrogen (secondary N) is 2. The van der Waals surface area contributed by atoms with Crippen molar-refractivity contribution in [2.24, 2.45) is 0 Å². The number of nitrogens with zero attached hydrogens (tertiary/aromatic N) is 1. The molecule has 0 bridgehead atoms. The lowest BCUT2D eigenvalue weighted by molar-refractivity contribution is -0.141. The number of aliphatic carboxylic acids is 1. The summed E-state index contributed by atoms with van der Waals surface area (Å²) in [6.45, 7) is 5.33. The van der Waals surface area contributed by atoms with E-state index in [4.69, 9.17) is 0 Å². The summed E-state index contributed by atoms with van der Waals surface area (Å²) in [5.41, 5.74) is 2.80. The minimum absolute atomic E-state index is 0.0926. The molecule has 0 radical (unpaired) electrons. The molecule has 0 aliphatic carbocycles. The zero-order valence-electron chi connectivity index (χ0n) is 14.3. The first kappa shape index (κ1) is 19.1. The minimum atomic E-state index is -1.01. The summed E-state index contributed by atoms with van der Waals surface area (Å²) < 4.78 is 0. The minimum Gasteiger partial charge on any atom is -0.480 e. The van der Waals surface area contributed by atoms with Gasteiger partial charge in [-0.15, -0.1) is 0 Å². The predicted octanol–water partition coefficient (Wildman–Crippen LogP) is 1.63. The van der Waals surface area contributed by atoms with E-state index in [1.807, 2.05) is 51.0 Å². The van der Waals surface area contributed by atoms with Crippen LogP contribution in [0.15, 0.2) is 18.2 Å². The fraction of sp³-hybridized carbons (Fsp3) is 0.529. The maximum atomic E-state index is 12.1. The van der Waals surface area contributed by atoms with Crippen LogP contribution in [0.1, 0.15) is 24.0 Å². The number of amides is 1. The van der Waals surface area contributed by atoms with Crippen LogP contribution in [-0.4, -0.2) is 55.1 Å². The zero-order valence-corrected chi connectivity index (χ0v) is 14.3. The van der Waals surface area contributed by atoms with Crippen molar-refractivity contribution in [3.63, 3.8) is 0 Å². The summed E-state index contributed by atoms with van der Waals surface area (Å²) in [7, 11) is 3.93. The third-order valence-electron chi connectivity index (χ3n) is 3.74. The Balaban J connectivity index is 2.54. The van der Waals surface area contributed by atoms with E-state index in [0.29, 0.717) is 6.54 Å². The van der Waals surface area contributed by atoms with Gasteiger partial charge in [0, 0.05) is 5.69 Å². The van der Waals surface area contributed by atoms with E-state index in [9.17, 15) is 14.7 Å². The maximum absolute atomic E-state index is 12.1. The predicted molar refractivity (Wildman–Crippen MR) is 91.8 cm³/mol. The van der Waals surface area contributed by atoms with Gasteiger partial charge in [-0.1, -0.05) is 12.1 Å². The van der Waals surface area contributed by atoms with Crippen molar-refractivity contribution in [1.82, 2.24) is 10.2 Å². The Bertz CT molecular complexity index is 544. The van der Waals surface area contributed by atoms with Crippen molar-refractivity contribution in [3.8, 4) is 0 Å². The molecule has 1 atom stereocenters. The van der Waals surface area contributed by atoms with E-state index in [-0.39, 0.29) is 12.3 Å². The second-order valence-corrected chi connectivity index (χ2v) is 6.00. The first-order valence-corrected chi connectivity index (χ1v) is 7.78. The van der Waals surface area contributed by atoms with Crippen LogP contribution in [-0.2, 0) is 9.59 Å². The van der Waals surface area contributed by atoms with Gasteiger partial charge in [-0.3, -0.25) is 9.59 Å². The Kier molecular flexibility index (Phi) is 7.71. The van der Waals surface area contributed by atoms with Crippen LogP contribution >= 0.6 is 0 Å². The Labute approximate surface area is 137 Å². The third-order valence-corrected chi connectivity index (χ3v) is 3.74. The molecule has 0 spiro atoms. The van der Waals surface area contributed by atoms with Crippen LogP contribution in [0.3, 0.4) is 0 Å². The maximum Gasteiger partial charge on any atom is 0.321 e. The summed E-state index contributed by atoms with van der Waals surface area (Å²) in [5, 5.41) is 15.0. The van der Waals surface area contributed by atoms with Gasteiger partial charge in [-0.25, -0.2) is 0 Å². The van der Waals surface area contributed by atoms with Crippen molar-refractivity contribution < 1.29 is 14.7 Å². The van der Waals surface area contributed by atoms with E-state index in [1.165, 1.54) is 0 Å². The Morgan fingerprint density at radius 2 is 1.96 bits per heavy atom. The van der Waals surface area contributed by atoms with Crippen LogP contribution in [0.4, 0.5) is 5.69 Å². The number of aryl methyl sites for hydroxylation is 1. The van der Waals surface area contributed by atoms with Gasteiger partial charge in [0.1, 0.15) is 6.04 Å². The SMILES string of the molecule is Cc1cccc(NC(=O)C[C@H](NCCCN(C)C)C(=O)O)c1C. The number of carboxylic acids is 1. The van der Waals surface area contributed by atoms with Crippen LogP contribution in [0, 0.1) is 13.8 Å². The van der Waals surface area contributed by atoms with Crippen molar-refractivity contribution in [1.29, 1.82) is 0 Å². The van der Waals surface area contributed by atoms with E-state index in [2.05, 4.69) is 10.6 Å². The molecule has 1 aromatic carbocycles. The first-order valence-electron chi connectivity index (χ1n) is 7.78. The molecule has 0 saturated heterocycles. The zero-order chi connectivity index (χ0) is 17.4. The molecule has 1 aromatic rings. The van der Waals surface area contributed by atoms with Gasteiger partial charge in [0.15, 0.2) is 0 Å². The smallest absolute Gasteiger partial charge is 0.321 e. The summed E-state index contributed by atoms with van der Waals surface area (Å²) >= 11 is 0. The molecule has 23 heavy (non-hydrogen) atoms. The lowest BCUT2D eigenvalue weighted by atomic mass is 10.1. The normalized spacial score (nSPS) is 12.2. The molecule has 128 valence electrons. The van der Waals surface area contributed by atoms with Gasteiger partial charge < -0.3 is 20.6 Å². The molecule has 3 N–H and O–H groups in total. The molecule has 0 aliphatic heterocycles. The highest BCUT2D eigenvalue weighted by Crippen LogP contribution is 2.18. The number of benzene rings is 1.